The summed E-state index contributed by atoms with van der Waals surface area (Å²) in [5.41, 5.74) is 3.06. The molecule has 6 nitrogen and oxygen atoms in total. The summed E-state index contributed by atoms with van der Waals surface area (Å²) in [6, 6.07) is 12.9. The second-order valence-electron chi connectivity index (χ2n) is 8.15. The lowest BCUT2D eigenvalue weighted by Crippen LogP contribution is -2.33. The van der Waals surface area contributed by atoms with Gasteiger partial charge in [0, 0.05) is 23.4 Å². The van der Waals surface area contributed by atoms with Gasteiger partial charge in [0.05, 0.1) is 13.5 Å². The van der Waals surface area contributed by atoms with Crippen LogP contribution in [0.5, 0.6) is 5.75 Å². The van der Waals surface area contributed by atoms with Crippen LogP contribution in [0, 0.1) is 6.92 Å². The first-order valence-electron chi connectivity index (χ1n) is 11.4. The zero-order chi connectivity index (χ0) is 23.5. The topological polar surface area (TPSA) is 70.7 Å². The van der Waals surface area contributed by atoms with Crippen molar-refractivity contribution in [3.8, 4) is 5.75 Å². The lowest BCUT2D eigenvalue weighted by atomic mass is 10.1. The van der Waals surface area contributed by atoms with Gasteiger partial charge in [0.25, 0.3) is 5.91 Å². The standard InChI is InChI=1S/C26H37N3O3/c1-6-29(7-2)15-9-10-20(4)27-26(31)22-12-8-11-21(16-22)17-25(30)28-23-14-13-19(3)24(18-23)32-5/h8,11-14,16,18,20H,6-7,9-10,15,17H2,1-5H3,(H,27,31)(H,28,30). The van der Waals surface area contributed by atoms with E-state index in [0.717, 1.165) is 49.4 Å². The fraction of sp³-hybridized carbons (Fsp3) is 0.462. The largest absolute Gasteiger partial charge is 0.496 e. The number of rotatable bonds is 12. The summed E-state index contributed by atoms with van der Waals surface area (Å²) in [6.07, 6.45) is 2.17. The third-order valence-corrected chi connectivity index (χ3v) is 5.63. The molecule has 2 amide bonds. The number of ether oxygens (including phenoxy) is 1. The third kappa shape index (κ3) is 8.00. The van der Waals surface area contributed by atoms with Crippen LogP contribution in [0.25, 0.3) is 0 Å². The Kier molecular flexibility index (Phi) is 10.2. The third-order valence-electron chi connectivity index (χ3n) is 5.63. The van der Waals surface area contributed by atoms with E-state index in [-0.39, 0.29) is 24.3 Å². The minimum atomic E-state index is -0.141. The zero-order valence-electron chi connectivity index (χ0n) is 20.0. The summed E-state index contributed by atoms with van der Waals surface area (Å²) in [7, 11) is 1.61. The predicted molar refractivity (Wildman–Crippen MR) is 130 cm³/mol. The lowest BCUT2D eigenvalue weighted by Gasteiger charge is -2.20. The van der Waals surface area contributed by atoms with Crippen molar-refractivity contribution in [2.24, 2.45) is 0 Å². The molecule has 1 unspecified atom stereocenters. The van der Waals surface area contributed by atoms with E-state index < -0.39 is 0 Å². The monoisotopic (exact) mass is 439 g/mol. The van der Waals surface area contributed by atoms with Crippen LogP contribution in [-0.2, 0) is 11.2 Å². The Morgan fingerprint density at radius 2 is 1.84 bits per heavy atom. The van der Waals surface area contributed by atoms with Gasteiger partial charge in [-0.2, -0.15) is 0 Å². The number of nitrogens with zero attached hydrogens (tertiary/aromatic N) is 1. The van der Waals surface area contributed by atoms with E-state index >= 15 is 0 Å². The molecular weight excluding hydrogens is 402 g/mol. The van der Waals surface area contributed by atoms with Crippen LogP contribution in [0.2, 0.25) is 0 Å². The number of hydrogen-bond donors (Lipinski definition) is 2. The first-order valence-corrected chi connectivity index (χ1v) is 11.4. The van der Waals surface area contributed by atoms with Crippen molar-refractivity contribution in [3.05, 3.63) is 59.2 Å². The summed E-state index contributed by atoms with van der Waals surface area (Å²) < 4.78 is 5.31. The van der Waals surface area contributed by atoms with Crippen LogP contribution in [0.1, 0.15) is 55.1 Å². The maximum atomic E-state index is 12.7. The summed E-state index contributed by atoms with van der Waals surface area (Å²) >= 11 is 0. The second kappa shape index (κ2) is 12.9. The molecule has 0 saturated carbocycles. The highest BCUT2D eigenvalue weighted by Crippen LogP contribution is 2.22. The first-order chi connectivity index (χ1) is 15.4. The fourth-order valence-electron chi connectivity index (χ4n) is 3.65. The highest BCUT2D eigenvalue weighted by Gasteiger charge is 2.12. The number of nitrogens with one attached hydrogen (secondary N) is 2. The highest BCUT2D eigenvalue weighted by atomic mass is 16.5. The first kappa shape index (κ1) is 25.4. The Morgan fingerprint density at radius 3 is 2.53 bits per heavy atom. The number of benzene rings is 2. The van der Waals surface area contributed by atoms with Gasteiger partial charge in [-0.25, -0.2) is 0 Å². The SMILES string of the molecule is CCN(CC)CCCC(C)NC(=O)c1cccc(CC(=O)Nc2ccc(C)c(OC)c2)c1. The van der Waals surface area contributed by atoms with Gasteiger partial charge in [-0.1, -0.05) is 32.0 Å². The fourth-order valence-corrected chi connectivity index (χ4v) is 3.65. The molecular formula is C26H37N3O3. The molecule has 2 rings (SSSR count). The van der Waals surface area contributed by atoms with Crippen LogP contribution in [0.3, 0.4) is 0 Å². The molecule has 0 heterocycles. The van der Waals surface area contributed by atoms with E-state index in [9.17, 15) is 9.59 Å². The Labute approximate surface area is 192 Å². The van der Waals surface area contributed by atoms with Gasteiger partial charge in [-0.15, -0.1) is 0 Å². The molecule has 0 aromatic heterocycles. The smallest absolute Gasteiger partial charge is 0.251 e. The predicted octanol–water partition coefficient (Wildman–Crippen LogP) is 4.43. The quantitative estimate of drug-likeness (QED) is 0.513. The molecule has 2 aromatic carbocycles. The van der Waals surface area contributed by atoms with Crippen LogP contribution in [0.4, 0.5) is 5.69 Å². The van der Waals surface area contributed by atoms with Crippen molar-refractivity contribution >= 4 is 17.5 Å². The normalized spacial score (nSPS) is 11.8. The Bertz CT molecular complexity index is 894. The molecule has 0 aliphatic carbocycles. The number of carbonyl (C=O) groups is 2. The van der Waals surface area contributed by atoms with E-state index in [0.29, 0.717) is 11.3 Å². The summed E-state index contributed by atoms with van der Waals surface area (Å²) in [5.74, 6) is 0.483. The van der Waals surface area contributed by atoms with E-state index in [1.165, 1.54) is 0 Å². The van der Waals surface area contributed by atoms with Crippen molar-refractivity contribution in [3.63, 3.8) is 0 Å². The average Bonchev–Trinajstić information content (AvgIpc) is 2.78. The van der Waals surface area contributed by atoms with E-state index in [2.05, 4.69) is 29.4 Å². The number of aryl methyl sites for hydroxylation is 1. The Hall–Kier alpha value is -2.86. The van der Waals surface area contributed by atoms with Crippen LogP contribution in [0.15, 0.2) is 42.5 Å². The molecule has 0 bridgehead atoms. The number of methoxy groups -OCH3 is 1. The minimum Gasteiger partial charge on any atom is -0.496 e. The van der Waals surface area contributed by atoms with E-state index in [1.54, 1.807) is 25.3 Å². The number of amides is 2. The van der Waals surface area contributed by atoms with Crippen molar-refractivity contribution in [1.82, 2.24) is 10.2 Å². The zero-order valence-corrected chi connectivity index (χ0v) is 20.0. The maximum absolute atomic E-state index is 12.7. The molecule has 1 atom stereocenters. The molecule has 0 fully saturated rings. The molecule has 6 heteroatoms. The van der Waals surface area contributed by atoms with Gasteiger partial charge >= 0.3 is 0 Å². The van der Waals surface area contributed by atoms with Crippen LogP contribution < -0.4 is 15.4 Å². The maximum Gasteiger partial charge on any atom is 0.251 e. The van der Waals surface area contributed by atoms with Gasteiger partial charge in [-0.05, 0) is 75.6 Å². The van der Waals surface area contributed by atoms with Crippen molar-refractivity contribution in [2.75, 3.05) is 32.1 Å². The Balaban J connectivity index is 1.89. The molecule has 174 valence electrons. The molecule has 2 N–H and O–H groups in total. The Morgan fingerprint density at radius 1 is 1.09 bits per heavy atom. The molecule has 2 aromatic rings. The number of hydrogen-bond acceptors (Lipinski definition) is 4. The second-order valence-corrected chi connectivity index (χ2v) is 8.15. The highest BCUT2D eigenvalue weighted by molar-refractivity contribution is 5.96. The molecule has 0 saturated heterocycles. The number of anilines is 1. The van der Waals surface area contributed by atoms with Crippen molar-refractivity contribution < 1.29 is 14.3 Å². The van der Waals surface area contributed by atoms with Gasteiger partial charge in [-0.3, -0.25) is 9.59 Å². The van der Waals surface area contributed by atoms with Gasteiger partial charge in [0.1, 0.15) is 5.75 Å². The van der Waals surface area contributed by atoms with Gasteiger partial charge < -0.3 is 20.3 Å². The summed E-state index contributed by atoms with van der Waals surface area (Å²) in [4.78, 5) is 27.5. The van der Waals surface area contributed by atoms with E-state index in [4.69, 9.17) is 4.74 Å². The molecule has 0 radical (unpaired) electrons. The minimum absolute atomic E-state index is 0.0986. The van der Waals surface area contributed by atoms with Crippen molar-refractivity contribution in [1.29, 1.82) is 0 Å². The lowest BCUT2D eigenvalue weighted by molar-refractivity contribution is -0.115. The summed E-state index contributed by atoms with van der Waals surface area (Å²) in [6.45, 7) is 11.5. The van der Waals surface area contributed by atoms with Gasteiger partial charge in [0.2, 0.25) is 5.91 Å². The molecule has 0 aliphatic rings. The molecule has 32 heavy (non-hydrogen) atoms. The number of carbonyl (C=O) groups excluding carboxylic acids is 2. The average molecular weight is 440 g/mol. The molecule has 0 spiro atoms. The summed E-state index contributed by atoms with van der Waals surface area (Å²) in [5, 5.41) is 5.96. The van der Waals surface area contributed by atoms with Gasteiger partial charge in [0.15, 0.2) is 0 Å². The molecule has 0 aliphatic heterocycles. The van der Waals surface area contributed by atoms with Crippen LogP contribution >= 0.6 is 0 Å². The van der Waals surface area contributed by atoms with Crippen LogP contribution in [-0.4, -0.2) is 49.5 Å². The van der Waals surface area contributed by atoms with Crippen molar-refractivity contribution in [2.45, 2.75) is 53.0 Å². The van der Waals surface area contributed by atoms with E-state index in [1.807, 2.05) is 38.1 Å².